The molecule has 9 nitrogen and oxygen atoms in total. The normalized spacial score (nSPS) is 14.8. The number of carbonyl (C=O) groups is 1. The minimum atomic E-state index is -2.87. The van der Waals surface area contributed by atoms with Gasteiger partial charge in [0.2, 0.25) is 12.3 Å². The van der Waals surface area contributed by atoms with Crippen molar-refractivity contribution in [2.75, 3.05) is 50.6 Å². The molecule has 0 radical (unpaired) electrons. The van der Waals surface area contributed by atoms with Gasteiger partial charge in [-0.2, -0.15) is 8.78 Å². The van der Waals surface area contributed by atoms with E-state index in [4.69, 9.17) is 4.42 Å². The molecule has 2 aliphatic heterocycles. The Balaban J connectivity index is 0.000000546. The molecule has 1 amide bonds. The van der Waals surface area contributed by atoms with Crippen molar-refractivity contribution in [3.63, 3.8) is 0 Å². The summed E-state index contributed by atoms with van der Waals surface area (Å²) in [4.78, 5) is 21.7. The van der Waals surface area contributed by atoms with E-state index < -0.39 is 18.1 Å². The van der Waals surface area contributed by atoms with Crippen LogP contribution in [0.5, 0.6) is 0 Å². The lowest BCUT2D eigenvalue weighted by molar-refractivity contribution is -0.107. The Kier molecular flexibility index (Phi) is 9.54. The molecule has 40 heavy (non-hydrogen) atoms. The van der Waals surface area contributed by atoms with Gasteiger partial charge in [0, 0.05) is 50.2 Å². The van der Waals surface area contributed by atoms with Crippen molar-refractivity contribution in [2.24, 2.45) is 0 Å². The highest BCUT2D eigenvalue weighted by atomic mass is 19.3. The van der Waals surface area contributed by atoms with Crippen LogP contribution in [0.1, 0.15) is 36.4 Å². The van der Waals surface area contributed by atoms with E-state index >= 15 is 4.39 Å². The van der Waals surface area contributed by atoms with Crippen LogP contribution >= 0.6 is 0 Å². The van der Waals surface area contributed by atoms with Crippen molar-refractivity contribution >= 4 is 23.4 Å². The molecule has 12 heteroatoms. The highest BCUT2D eigenvalue weighted by molar-refractivity contribution is 5.87. The van der Waals surface area contributed by atoms with Crippen LogP contribution < -0.4 is 15.1 Å². The fraction of sp³-hybridized carbons (Fsp3) is 0.357. The Morgan fingerprint density at radius 2 is 1.93 bits per heavy atom. The van der Waals surface area contributed by atoms with Gasteiger partial charge in [0.05, 0.1) is 29.2 Å². The minimum Gasteiger partial charge on any atom is -0.415 e. The van der Waals surface area contributed by atoms with E-state index in [0.29, 0.717) is 46.7 Å². The van der Waals surface area contributed by atoms with E-state index in [0.717, 1.165) is 0 Å². The first-order valence-electron chi connectivity index (χ1n) is 12.9. The number of allylic oxidation sites excluding steroid dienone is 2. The van der Waals surface area contributed by atoms with Gasteiger partial charge in [0.1, 0.15) is 5.82 Å². The maximum Gasteiger partial charge on any atom is 0.314 e. The number of amides is 1. The predicted octanol–water partition coefficient (Wildman–Crippen LogP) is 4.65. The van der Waals surface area contributed by atoms with Crippen LogP contribution in [0.25, 0.3) is 17.0 Å². The number of hydrogen-bond donors (Lipinski definition) is 1. The van der Waals surface area contributed by atoms with Crippen LogP contribution in [-0.2, 0) is 11.3 Å². The average Bonchev–Trinajstić information content (AvgIpc) is 3.65. The SMILES string of the molecule is CN(C)c1cc(C2=CNCC=C2)c(F)cc1N(C=O)Cc1ccc(-c2nnc(C(F)F)o2)cn1.CN1CCCC1. The zero-order chi connectivity index (χ0) is 28.6. The molecule has 0 aliphatic carbocycles. The average molecular weight is 556 g/mol. The third kappa shape index (κ3) is 7.06. The number of alkyl halides is 2. The number of pyridine rings is 1. The van der Waals surface area contributed by atoms with Gasteiger partial charge in [-0.25, -0.2) is 4.39 Å². The van der Waals surface area contributed by atoms with Gasteiger partial charge < -0.3 is 24.4 Å². The molecule has 3 aromatic rings. The van der Waals surface area contributed by atoms with E-state index in [1.807, 2.05) is 12.2 Å². The summed E-state index contributed by atoms with van der Waals surface area (Å²) in [6.07, 6.45) is 7.42. The number of anilines is 2. The molecule has 0 unspecified atom stereocenters. The van der Waals surface area contributed by atoms with Crippen molar-refractivity contribution in [3.8, 4) is 11.5 Å². The number of benzene rings is 1. The fourth-order valence-corrected chi connectivity index (χ4v) is 4.31. The maximum atomic E-state index is 15.1. The molecular formula is C28H32F3N7O2. The summed E-state index contributed by atoms with van der Waals surface area (Å²) in [5.41, 5.74) is 2.97. The number of dihydropyridines is 1. The number of aromatic nitrogens is 3. The van der Waals surface area contributed by atoms with Crippen molar-refractivity contribution in [1.29, 1.82) is 0 Å². The number of nitrogens with zero attached hydrogens (tertiary/aromatic N) is 6. The van der Waals surface area contributed by atoms with Crippen LogP contribution in [0.15, 0.2) is 53.2 Å². The molecule has 0 atom stereocenters. The van der Waals surface area contributed by atoms with Crippen molar-refractivity contribution in [2.45, 2.75) is 25.8 Å². The topological polar surface area (TPSA) is 90.6 Å². The summed E-state index contributed by atoms with van der Waals surface area (Å²) in [6.45, 7) is 3.37. The Morgan fingerprint density at radius 1 is 1.15 bits per heavy atom. The summed E-state index contributed by atoms with van der Waals surface area (Å²) in [6, 6.07) is 6.18. The summed E-state index contributed by atoms with van der Waals surface area (Å²) < 4.78 is 45.3. The summed E-state index contributed by atoms with van der Waals surface area (Å²) in [5.74, 6) is -1.33. The molecule has 2 aromatic heterocycles. The van der Waals surface area contributed by atoms with Crippen molar-refractivity contribution < 1.29 is 22.4 Å². The van der Waals surface area contributed by atoms with Gasteiger partial charge >= 0.3 is 6.43 Å². The molecule has 0 spiro atoms. The van der Waals surface area contributed by atoms with Crippen molar-refractivity contribution in [3.05, 3.63) is 71.8 Å². The first-order valence-corrected chi connectivity index (χ1v) is 12.9. The van der Waals surface area contributed by atoms with Gasteiger partial charge in [-0.1, -0.05) is 12.2 Å². The van der Waals surface area contributed by atoms with Crippen LogP contribution in [0, 0.1) is 5.82 Å². The Bertz CT molecular complexity index is 1350. The molecule has 1 aromatic carbocycles. The summed E-state index contributed by atoms with van der Waals surface area (Å²) in [5, 5.41) is 9.93. The van der Waals surface area contributed by atoms with Gasteiger partial charge in [0.25, 0.3) is 5.89 Å². The van der Waals surface area contributed by atoms with Crippen molar-refractivity contribution in [1.82, 2.24) is 25.4 Å². The van der Waals surface area contributed by atoms with Gasteiger partial charge in [0.15, 0.2) is 0 Å². The monoisotopic (exact) mass is 555 g/mol. The second-order valence-electron chi connectivity index (χ2n) is 9.65. The number of hydrogen-bond acceptors (Lipinski definition) is 8. The molecular weight excluding hydrogens is 523 g/mol. The minimum absolute atomic E-state index is 0.0552. The number of rotatable bonds is 8. The number of nitrogens with one attached hydrogen (secondary N) is 1. The molecule has 5 rings (SSSR count). The van der Waals surface area contributed by atoms with Crippen LogP contribution in [0.3, 0.4) is 0 Å². The van der Waals surface area contributed by atoms with E-state index in [1.54, 1.807) is 43.4 Å². The van der Waals surface area contributed by atoms with Gasteiger partial charge in [-0.15, -0.1) is 10.2 Å². The Hall–Kier alpha value is -4.19. The fourth-order valence-electron chi connectivity index (χ4n) is 4.31. The molecule has 1 N–H and O–H groups in total. The molecule has 1 saturated heterocycles. The second kappa shape index (κ2) is 13.2. The molecule has 1 fully saturated rings. The van der Waals surface area contributed by atoms with Gasteiger partial charge in [-0.05, 0) is 51.2 Å². The van der Waals surface area contributed by atoms with Crippen LogP contribution in [0.2, 0.25) is 0 Å². The zero-order valence-corrected chi connectivity index (χ0v) is 22.6. The maximum absolute atomic E-state index is 15.1. The van der Waals surface area contributed by atoms with E-state index in [1.165, 1.54) is 43.1 Å². The Morgan fingerprint density at radius 3 is 2.45 bits per heavy atom. The first-order chi connectivity index (χ1) is 19.3. The van der Waals surface area contributed by atoms with Crippen LogP contribution in [-0.4, -0.2) is 67.3 Å². The highest BCUT2D eigenvalue weighted by Crippen LogP contribution is 2.35. The van der Waals surface area contributed by atoms with E-state index in [2.05, 4.69) is 32.4 Å². The molecule has 0 saturated carbocycles. The lowest BCUT2D eigenvalue weighted by Crippen LogP contribution is -2.24. The summed E-state index contributed by atoms with van der Waals surface area (Å²) >= 11 is 0. The van der Waals surface area contributed by atoms with Crippen LogP contribution in [0.4, 0.5) is 24.5 Å². The standard InChI is InChI=1S/C23H21F3N6O2.C5H11N/c1-31(2)19-8-17(14-4-3-7-27-10-14)18(24)9-20(19)32(13-33)12-16-6-5-15(11-28-16)22-29-30-23(34-22)21(25)26;1-6-4-2-3-5-6/h3-6,8-11,13,21,27H,7,12H2,1-2H3;2-5H2,1H3. The lowest BCUT2D eigenvalue weighted by Gasteiger charge is -2.26. The third-order valence-electron chi connectivity index (χ3n) is 6.45. The second-order valence-corrected chi connectivity index (χ2v) is 9.65. The van der Waals surface area contributed by atoms with E-state index in [9.17, 15) is 13.6 Å². The summed E-state index contributed by atoms with van der Waals surface area (Å²) in [7, 11) is 5.78. The lowest BCUT2D eigenvalue weighted by atomic mass is 10.0. The molecule has 212 valence electrons. The smallest absolute Gasteiger partial charge is 0.314 e. The predicted molar refractivity (Wildman–Crippen MR) is 147 cm³/mol. The number of likely N-dealkylation sites (tertiary alicyclic amines) is 1. The molecule has 2 aliphatic rings. The number of carbonyl (C=O) groups excluding carboxylic acids is 1. The Labute approximate surface area is 231 Å². The molecule has 4 heterocycles. The third-order valence-corrected chi connectivity index (χ3v) is 6.45. The zero-order valence-electron chi connectivity index (χ0n) is 22.6. The molecule has 0 bridgehead atoms. The largest absolute Gasteiger partial charge is 0.415 e. The van der Waals surface area contributed by atoms with E-state index in [-0.39, 0.29) is 12.4 Å². The first kappa shape index (κ1) is 28.8. The highest BCUT2D eigenvalue weighted by Gasteiger charge is 2.20. The quantitative estimate of drug-likeness (QED) is 0.402. The number of halogens is 3. The van der Waals surface area contributed by atoms with Gasteiger partial charge in [-0.3, -0.25) is 9.78 Å².